The van der Waals surface area contributed by atoms with E-state index < -0.39 is 0 Å². The van der Waals surface area contributed by atoms with Crippen LogP contribution in [0, 0.1) is 11.8 Å². The third-order valence-electron chi connectivity index (χ3n) is 7.79. The number of thioether (sulfide) groups is 1. The summed E-state index contributed by atoms with van der Waals surface area (Å²) >= 11 is 1.27. The van der Waals surface area contributed by atoms with E-state index in [9.17, 15) is 14.4 Å². The number of benzene rings is 2. The van der Waals surface area contributed by atoms with Gasteiger partial charge in [0.1, 0.15) is 5.75 Å². The highest BCUT2D eigenvalue weighted by Gasteiger charge is 2.28. The predicted octanol–water partition coefficient (Wildman–Crippen LogP) is 4.63. The number of aromatic nitrogens is 2. The van der Waals surface area contributed by atoms with E-state index in [-0.39, 0.29) is 41.1 Å². The normalized spacial score (nSPS) is 20.6. The van der Waals surface area contributed by atoms with E-state index >= 15 is 0 Å². The van der Waals surface area contributed by atoms with Crippen molar-refractivity contribution in [2.24, 2.45) is 11.8 Å². The zero-order chi connectivity index (χ0) is 28.6. The molecule has 0 bridgehead atoms. The van der Waals surface area contributed by atoms with Crippen LogP contribution in [0.3, 0.4) is 0 Å². The maximum Gasteiger partial charge on any atom is 0.262 e. The SMILES string of the molecule is CCOc1ccc(NC(=O)CSc2nc3ccccc3c(=O)n2CC2CCC(C(=O)NC[C@@H]3CCCO3)CC2)cc1. The standard InChI is InChI=1S/C31H38N4O5S/c1-2-39-24-15-13-23(14-16-24)33-28(36)20-41-31-34-27-8-4-3-7-26(27)30(38)35(31)19-21-9-11-22(12-10-21)29(37)32-18-25-6-5-17-40-25/h3-4,7-8,13-16,21-22,25H,2,5-6,9-12,17-20H2,1H3,(H,32,37)(H,33,36)/t21?,22?,25-/m0/s1. The first-order valence-corrected chi connectivity index (χ1v) is 15.5. The zero-order valence-corrected chi connectivity index (χ0v) is 24.3. The number of carbonyl (C=O) groups is 2. The Kier molecular flexibility index (Phi) is 9.95. The molecule has 0 radical (unpaired) electrons. The van der Waals surface area contributed by atoms with E-state index in [1.165, 1.54) is 11.8 Å². The third-order valence-corrected chi connectivity index (χ3v) is 8.77. The van der Waals surface area contributed by atoms with Crippen molar-refractivity contribution in [1.82, 2.24) is 14.9 Å². The maximum absolute atomic E-state index is 13.5. The second-order valence-electron chi connectivity index (χ2n) is 10.7. The minimum Gasteiger partial charge on any atom is -0.494 e. The second kappa shape index (κ2) is 14.0. The summed E-state index contributed by atoms with van der Waals surface area (Å²) in [6.07, 6.45) is 5.52. The van der Waals surface area contributed by atoms with E-state index in [4.69, 9.17) is 14.5 Å². The molecule has 3 aromatic rings. The van der Waals surface area contributed by atoms with E-state index in [1.54, 1.807) is 22.8 Å². The molecule has 1 aliphatic carbocycles. The Bertz CT molecular complexity index is 1400. The molecule has 218 valence electrons. The van der Waals surface area contributed by atoms with Gasteiger partial charge < -0.3 is 20.1 Å². The van der Waals surface area contributed by atoms with Gasteiger partial charge in [-0.25, -0.2) is 4.98 Å². The van der Waals surface area contributed by atoms with Gasteiger partial charge in [-0.15, -0.1) is 0 Å². The summed E-state index contributed by atoms with van der Waals surface area (Å²) in [6.45, 7) is 4.39. The molecule has 2 fully saturated rings. The van der Waals surface area contributed by atoms with Crippen LogP contribution in [0.4, 0.5) is 5.69 Å². The molecule has 2 N–H and O–H groups in total. The number of carbonyl (C=O) groups excluding carboxylic acids is 2. The van der Waals surface area contributed by atoms with Crippen LogP contribution in [-0.4, -0.2) is 53.0 Å². The first-order chi connectivity index (χ1) is 20.0. The van der Waals surface area contributed by atoms with Crippen molar-refractivity contribution in [3.8, 4) is 5.75 Å². The molecule has 2 aromatic carbocycles. The molecule has 41 heavy (non-hydrogen) atoms. The number of nitrogens with zero attached hydrogens (tertiary/aromatic N) is 2. The van der Waals surface area contributed by atoms with Crippen molar-refractivity contribution in [3.63, 3.8) is 0 Å². The Morgan fingerprint density at radius 2 is 1.85 bits per heavy atom. The third kappa shape index (κ3) is 7.68. The van der Waals surface area contributed by atoms with Gasteiger partial charge in [-0.2, -0.15) is 0 Å². The number of para-hydroxylation sites is 1. The highest BCUT2D eigenvalue weighted by atomic mass is 32.2. The van der Waals surface area contributed by atoms with Gasteiger partial charge >= 0.3 is 0 Å². The van der Waals surface area contributed by atoms with Crippen LogP contribution in [0.15, 0.2) is 58.5 Å². The van der Waals surface area contributed by atoms with Crippen molar-refractivity contribution in [2.45, 2.75) is 63.3 Å². The summed E-state index contributed by atoms with van der Waals surface area (Å²) in [5.41, 5.74) is 1.20. The summed E-state index contributed by atoms with van der Waals surface area (Å²) < 4.78 is 12.8. The van der Waals surface area contributed by atoms with E-state index in [0.29, 0.717) is 41.4 Å². The van der Waals surface area contributed by atoms with Gasteiger partial charge in [0.05, 0.1) is 29.4 Å². The molecule has 2 heterocycles. The number of fused-ring (bicyclic) bond motifs is 1. The fraction of sp³-hybridized carbons (Fsp3) is 0.484. The molecule has 1 saturated carbocycles. The summed E-state index contributed by atoms with van der Waals surface area (Å²) in [5.74, 6) is 1.06. The lowest BCUT2D eigenvalue weighted by atomic mass is 9.81. The first kappa shape index (κ1) is 29.1. The summed E-state index contributed by atoms with van der Waals surface area (Å²) in [7, 11) is 0. The Labute approximate surface area is 244 Å². The minimum atomic E-state index is -0.178. The van der Waals surface area contributed by atoms with E-state index in [0.717, 1.165) is 50.9 Å². The quantitative estimate of drug-likeness (QED) is 0.252. The molecular formula is C31H38N4O5S. The molecular weight excluding hydrogens is 540 g/mol. The Hall–Kier alpha value is -3.37. The number of ether oxygens (including phenoxy) is 2. The molecule has 1 aromatic heterocycles. The van der Waals surface area contributed by atoms with Crippen LogP contribution >= 0.6 is 11.8 Å². The van der Waals surface area contributed by atoms with Crippen molar-refractivity contribution < 1.29 is 19.1 Å². The van der Waals surface area contributed by atoms with Crippen molar-refractivity contribution in [2.75, 3.05) is 30.8 Å². The number of anilines is 1. The summed E-state index contributed by atoms with van der Waals surface area (Å²) in [6, 6.07) is 14.6. The smallest absolute Gasteiger partial charge is 0.262 e. The number of hydrogen-bond donors (Lipinski definition) is 2. The van der Waals surface area contributed by atoms with Gasteiger partial charge in [0, 0.05) is 31.3 Å². The Morgan fingerprint density at radius 3 is 2.59 bits per heavy atom. The fourth-order valence-corrected chi connectivity index (χ4v) is 6.39. The number of amides is 2. The summed E-state index contributed by atoms with van der Waals surface area (Å²) in [5, 5.41) is 7.08. The van der Waals surface area contributed by atoms with Crippen molar-refractivity contribution >= 4 is 40.2 Å². The van der Waals surface area contributed by atoms with Crippen LogP contribution in [-0.2, 0) is 20.9 Å². The van der Waals surface area contributed by atoms with Gasteiger partial charge in [-0.1, -0.05) is 23.9 Å². The molecule has 2 amide bonds. The van der Waals surface area contributed by atoms with Gasteiger partial charge in [-0.3, -0.25) is 19.0 Å². The summed E-state index contributed by atoms with van der Waals surface area (Å²) in [4.78, 5) is 43.8. The number of nitrogens with one attached hydrogen (secondary N) is 2. The average molecular weight is 579 g/mol. The Morgan fingerprint density at radius 1 is 1.07 bits per heavy atom. The topological polar surface area (TPSA) is 112 Å². The van der Waals surface area contributed by atoms with Crippen LogP contribution in [0.25, 0.3) is 10.9 Å². The monoisotopic (exact) mass is 578 g/mol. The molecule has 9 nitrogen and oxygen atoms in total. The van der Waals surface area contributed by atoms with Gasteiger partial charge in [0.25, 0.3) is 5.56 Å². The zero-order valence-electron chi connectivity index (χ0n) is 23.5. The first-order valence-electron chi connectivity index (χ1n) is 14.5. The average Bonchev–Trinajstić information content (AvgIpc) is 3.52. The van der Waals surface area contributed by atoms with E-state index in [2.05, 4.69) is 10.6 Å². The van der Waals surface area contributed by atoms with Crippen molar-refractivity contribution in [3.05, 3.63) is 58.9 Å². The molecule has 2 aliphatic rings. The molecule has 1 saturated heterocycles. The molecule has 0 unspecified atom stereocenters. The maximum atomic E-state index is 13.5. The molecule has 5 rings (SSSR count). The molecule has 10 heteroatoms. The van der Waals surface area contributed by atoms with E-state index in [1.807, 2.05) is 37.3 Å². The molecule has 0 spiro atoms. The second-order valence-corrected chi connectivity index (χ2v) is 11.7. The lowest BCUT2D eigenvalue weighted by Gasteiger charge is -2.29. The molecule has 1 atom stereocenters. The predicted molar refractivity (Wildman–Crippen MR) is 160 cm³/mol. The lowest BCUT2D eigenvalue weighted by molar-refractivity contribution is -0.126. The van der Waals surface area contributed by atoms with Gasteiger partial charge in [0.2, 0.25) is 11.8 Å². The minimum absolute atomic E-state index is 0.000698. The van der Waals surface area contributed by atoms with Crippen molar-refractivity contribution in [1.29, 1.82) is 0 Å². The van der Waals surface area contributed by atoms with Crippen LogP contribution in [0.2, 0.25) is 0 Å². The molecule has 1 aliphatic heterocycles. The van der Waals surface area contributed by atoms with Gasteiger partial charge in [0.15, 0.2) is 5.16 Å². The lowest BCUT2D eigenvalue weighted by Crippen LogP contribution is -2.38. The highest BCUT2D eigenvalue weighted by molar-refractivity contribution is 7.99. The van der Waals surface area contributed by atoms with Gasteiger partial charge in [-0.05, 0) is 87.8 Å². The van der Waals surface area contributed by atoms with Crippen LogP contribution < -0.4 is 20.9 Å². The van der Waals surface area contributed by atoms with Crippen LogP contribution in [0.1, 0.15) is 45.4 Å². The largest absolute Gasteiger partial charge is 0.494 e. The Balaban J connectivity index is 1.21. The number of hydrogen-bond acceptors (Lipinski definition) is 7. The van der Waals surface area contributed by atoms with Crippen LogP contribution in [0.5, 0.6) is 5.75 Å². The fourth-order valence-electron chi connectivity index (χ4n) is 5.58. The highest BCUT2D eigenvalue weighted by Crippen LogP contribution is 2.31. The number of rotatable bonds is 11.